The number of aliphatic hydroxyl groups excluding tert-OH is 1. The van der Waals surface area contributed by atoms with Gasteiger partial charge in [-0.25, -0.2) is 4.79 Å². The van der Waals surface area contributed by atoms with Crippen LogP contribution < -0.4 is 21.3 Å². The summed E-state index contributed by atoms with van der Waals surface area (Å²) in [5.74, 6) is -1.01. The van der Waals surface area contributed by atoms with Gasteiger partial charge in [-0.2, -0.15) is 0 Å². The van der Waals surface area contributed by atoms with E-state index in [1.54, 1.807) is 0 Å². The Morgan fingerprint density at radius 2 is 1.53 bits per heavy atom. The number of aliphatic hydroxyl groups is 1. The van der Waals surface area contributed by atoms with Gasteiger partial charge in [0.2, 0.25) is 17.7 Å². The Morgan fingerprint density at radius 1 is 0.857 bits per heavy atom. The lowest BCUT2D eigenvalue weighted by Gasteiger charge is -2.28. The molecule has 0 fully saturated rings. The van der Waals surface area contributed by atoms with Crippen LogP contribution in [-0.2, 0) is 32.1 Å². The predicted molar refractivity (Wildman–Crippen MR) is 192 cm³/mol. The number of carbonyl (C=O) groups is 4. The zero-order valence-corrected chi connectivity index (χ0v) is 29.1. The van der Waals surface area contributed by atoms with E-state index in [0.29, 0.717) is 18.9 Å². The maximum Gasteiger partial charge on any atom is 0.408 e. The van der Waals surface area contributed by atoms with Crippen molar-refractivity contribution in [3.05, 3.63) is 96.6 Å². The van der Waals surface area contributed by atoms with Gasteiger partial charge < -0.3 is 31.1 Å². The van der Waals surface area contributed by atoms with Gasteiger partial charge in [-0.1, -0.05) is 113 Å². The average molecular weight is 673 g/mol. The second-order valence-corrected chi connectivity index (χ2v) is 13.0. The molecule has 0 aliphatic rings. The van der Waals surface area contributed by atoms with E-state index >= 15 is 0 Å². The molecule has 49 heavy (non-hydrogen) atoms. The highest BCUT2D eigenvalue weighted by Gasteiger charge is 2.31. The fourth-order valence-electron chi connectivity index (χ4n) is 5.42. The minimum Gasteiger partial charge on any atom is -0.445 e. The van der Waals surface area contributed by atoms with Crippen LogP contribution in [0, 0.1) is 11.8 Å². The fraction of sp³-hybridized carbons (Fsp3) is 0.436. The van der Waals surface area contributed by atoms with Crippen LogP contribution in [0.15, 0.2) is 85.5 Å². The van der Waals surface area contributed by atoms with E-state index in [4.69, 9.17) is 4.74 Å². The molecule has 0 saturated carbocycles. The number of rotatable bonds is 19. The number of carbonyl (C=O) groups excluding carboxylic acids is 4. The quantitative estimate of drug-likeness (QED) is 0.111. The maximum atomic E-state index is 13.9. The van der Waals surface area contributed by atoms with Crippen molar-refractivity contribution in [2.45, 2.75) is 90.6 Å². The van der Waals surface area contributed by atoms with Gasteiger partial charge in [0.05, 0.1) is 18.6 Å². The standard InChI is InChI=1S/C39H52N4O6/c1-6-14-32(37(46)42-33(21-26(3)4)35(44)23-36(45)40-24-27(5)7-2)41-38(47)34(43-39(48)49-25-28-15-9-8-10-16-28)22-30-19-13-18-29-17-11-12-20-31(29)30/h6,8-13,15-20,26-27,32-35,44H,1,7,14,21-25H2,2-5H3,(H,40,45)(H,41,47)(H,42,46)(H,43,48)/t27?,32-,33?,34-,35?/m0/s1. The molecule has 0 aliphatic carbocycles. The summed E-state index contributed by atoms with van der Waals surface area (Å²) in [5, 5.41) is 24.1. The number of hydrogen-bond acceptors (Lipinski definition) is 6. The van der Waals surface area contributed by atoms with Gasteiger partial charge in [0.1, 0.15) is 18.7 Å². The first-order valence-electron chi connectivity index (χ1n) is 17.1. The van der Waals surface area contributed by atoms with Crippen molar-refractivity contribution in [1.29, 1.82) is 0 Å². The van der Waals surface area contributed by atoms with Crippen LogP contribution in [0.5, 0.6) is 0 Å². The van der Waals surface area contributed by atoms with E-state index < -0.39 is 42.1 Å². The summed E-state index contributed by atoms with van der Waals surface area (Å²) >= 11 is 0. The van der Waals surface area contributed by atoms with E-state index in [1.807, 2.05) is 100 Å². The Bertz CT molecular complexity index is 1520. The van der Waals surface area contributed by atoms with Crippen LogP contribution >= 0.6 is 0 Å². The Balaban J connectivity index is 1.77. The smallest absolute Gasteiger partial charge is 0.408 e. The molecule has 0 saturated heterocycles. The number of benzene rings is 3. The number of alkyl carbamates (subject to hydrolysis) is 1. The number of ether oxygens (including phenoxy) is 1. The van der Waals surface area contributed by atoms with Crippen LogP contribution in [0.2, 0.25) is 0 Å². The molecule has 10 nitrogen and oxygen atoms in total. The van der Waals surface area contributed by atoms with Gasteiger partial charge >= 0.3 is 6.09 Å². The van der Waals surface area contributed by atoms with E-state index in [9.17, 15) is 24.3 Å². The topological polar surface area (TPSA) is 146 Å². The van der Waals surface area contributed by atoms with Gasteiger partial charge in [-0.15, -0.1) is 6.58 Å². The third-order valence-corrected chi connectivity index (χ3v) is 8.42. The van der Waals surface area contributed by atoms with E-state index in [1.165, 1.54) is 6.08 Å². The highest BCUT2D eigenvalue weighted by atomic mass is 16.5. The number of fused-ring (bicyclic) bond motifs is 1. The van der Waals surface area contributed by atoms with Crippen molar-refractivity contribution in [3.8, 4) is 0 Å². The molecule has 3 aromatic carbocycles. The molecule has 0 aliphatic heterocycles. The van der Waals surface area contributed by atoms with Gasteiger partial charge in [0, 0.05) is 13.0 Å². The predicted octanol–water partition coefficient (Wildman–Crippen LogP) is 5.18. The molecule has 0 bridgehead atoms. The highest BCUT2D eigenvalue weighted by molar-refractivity contribution is 5.93. The highest BCUT2D eigenvalue weighted by Crippen LogP contribution is 2.20. The Kier molecular flexibility index (Phi) is 15.8. The molecule has 0 spiro atoms. The largest absolute Gasteiger partial charge is 0.445 e. The van der Waals surface area contributed by atoms with Crippen LogP contribution in [0.4, 0.5) is 4.79 Å². The zero-order valence-electron chi connectivity index (χ0n) is 29.1. The number of nitrogens with one attached hydrogen (secondary N) is 4. The van der Waals surface area contributed by atoms with Crippen LogP contribution in [0.25, 0.3) is 10.8 Å². The van der Waals surface area contributed by atoms with Crippen molar-refractivity contribution in [2.75, 3.05) is 6.54 Å². The summed E-state index contributed by atoms with van der Waals surface area (Å²) < 4.78 is 5.43. The molecule has 4 amide bonds. The first kappa shape index (κ1) is 38.7. The zero-order chi connectivity index (χ0) is 35.8. The molecule has 3 aromatic rings. The van der Waals surface area contributed by atoms with Crippen molar-refractivity contribution >= 4 is 34.6 Å². The molecular formula is C39H52N4O6. The molecule has 0 radical (unpaired) electrons. The Hall–Kier alpha value is -4.70. The molecular weight excluding hydrogens is 620 g/mol. The third-order valence-electron chi connectivity index (χ3n) is 8.42. The summed E-state index contributed by atoms with van der Waals surface area (Å²) in [6.45, 7) is 12.3. The van der Waals surface area contributed by atoms with Crippen LogP contribution in [-0.4, -0.2) is 59.7 Å². The summed E-state index contributed by atoms with van der Waals surface area (Å²) in [4.78, 5) is 53.1. The van der Waals surface area contributed by atoms with Crippen molar-refractivity contribution in [3.63, 3.8) is 0 Å². The van der Waals surface area contributed by atoms with Gasteiger partial charge in [0.25, 0.3) is 0 Å². The lowest BCUT2D eigenvalue weighted by Crippen LogP contribution is -2.57. The van der Waals surface area contributed by atoms with Gasteiger partial charge in [-0.3, -0.25) is 14.4 Å². The van der Waals surface area contributed by atoms with E-state index in [-0.39, 0.29) is 37.7 Å². The van der Waals surface area contributed by atoms with Gasteiger partial charge in [-0.05, 0) is 46.6 Å². The minimum atomic E-state index is -1.14. The van der Waals surface area contributed by atoms with Crippen molar-refractivity contribution in [2.24, 2.45) is 11.8 Å². The van der Waals surface area contributed by atoms with Crippen LogP contribution in [0.3, 0.4) is 0 Å². The molecule has 3 rings (SSSR count). The summed E-state index contributed by atoms with van der Waals surface area (Å²) in [7, 11) is 0. The maximum absolute atomic E-state index is 13.9. The second-order valence-electron chi connectivity index (χ2n) is 13.0. The molecule has 0 aromatic heterocycles. The summed E-state index contributed by atoms with van der Waals surface area (Å²) in [5.41, 5.74) is 1.62. The molecule has 0 heterocycles. The molecule has 264 valence electrons. The fourth-order valence-corrected chi connectivity index (χ4v) is 5.42. The van der Waals surface area contributed by atoms with Crippen molar-refractivity contribution < 1.29 is 29.0 Å². The Morgan fingerprint density at radius 3 is 2.22 bits per heavy atom. The summed E-state index contributed by atoms with van der Waals surface area (Å²) in [6, 6.07) is 19.8. The first-order chi connectivity index (χ1) is 23.5. The lowest BCUT2D eigenvalue weighted by atomic mass is 9.96. The molecule has 10 heteroatoms. The monoisotopic (exact) mass is 672 g/mol. The normalized spacial score (nSPS) is 14.2. The average Bonchev–Trinajstić information content (AvgIpc) is 3.09. The number of amides is 4. The Labute approximate surface area is 290 Å². The van der Waals surface area contributed by atoms with E-state index in [0.717, 1.165) is 28.3 Å². The third kappa shape index (κ3) is 13.0. The van der Waals surface area contributed by atoms with Gasteiger partial charge in [0.15, 0.2) is 0 Å². The minimum absolute atomic E-state index is 0.0198. The van der Waals surface area contributed by atoms with Crippen molar-refractivity contribution in [1.82, 2.24) is 21.3 Å². The first-order valence-corrected chi connectivity index (χ1v) is 17.1. The van der Waals surface area contributed by atoms with E-state index in [2.05, 4.69) is 27.8 Å². The van der Waals surface area contributed by atoms with Crippen LogP contribution in [0.1, 0.15) is 64.5 Å². The molecule has 3 unspecified atom stereocenters. The SMILES string of the molecule is C=CC[C@H](NC(=O)[C@H](Cc1cccc2ccccc12)NC(=O)OCc1ccccc1)C(=O)NC(CC(C)C)C(O)CC(=O)NCC(C)CC. The summed E-state index contributed by atoms with van der Waals surface area (Å²) in [6.07, 6.45) is 0.991. The molecule has 5 N–H and O–H groups in total. The number of hydrogen-bond donors (Lipinski definition) is 5. The lowest BCUT2D eigenvalue weighted by molar-refractivity contribution is -0.131. The molecule has 5 atom stereocenters. The second kappa shape index (κ2) is 20.0.